The van der Waals surface area contributed by atoms with Gasteiger partial charge in [0.15, 0.2) is 0 Å². The molecule has 11 atom stereocenters. The third-order valence-corrected chi connectivity index (χ3v) is 9.89. The summed E-state index contributed by atoms with van der Waals surface area (Å²) in [5, 5.41) is 0. The van der Waals surface area contributed by atoms with Crippen molar-refractivity contribution in [3.63, 3.8) is 0 Å². The molecule has 2 saturated carbocycles. The SMILES string of the molecule is C1=CC2OC1C1C3OC(C21)C1C2OC(CC2C24CCC(CC2)C4)C31. The molecule has 0 aromatic carbocycles. The minimum absolute atomic E-state index is 0.342. The first kappa shape index (κ1) is 12.9. The van der Waals surface area contributed by atoms with Crippen LogP contribution in [0.3, 0.4) is 0 Å². The van der Waals surface area contributed by atoms with Crippen LogP contribution in [0, 0.1) is 40.9 Å². The van der Waals surface area contributed by atoms with Crippen LogP contribution in [-0.2, 0) is 14.2 Å². The van der Waals surface area contributed by atoms with Crippen molar-refractivity contribution in [2.45, 2.75) is 75.1 Å². The summed E-state index contributed by atoms with van der Waals surface area (Å²) in [6.45, 7) is 0. The molecule has 8 rings (SSSR count). The van der Waals surface area contributed by atoms with Gasteiger partial charge < -0.3 is 14.2 Å². The van der Waals surface area contributed by atoms with E-state index in [-0.39, 0.29) is 0 Å². The van der Waals surface area contributed by atoms with Gasteiger partial charge in [0, 0.05) is 23.7 Å². The molecule has 7 fully saturated rings. The van der Waals surface area contributed by atoms with Crippen LogP contribution in [0.4, 0.5) is 0 Å². The lowest BCUT2D eigenvalue weighted by Gasteiger charge is -2.44. The smallest absolute Gasteiger partial charge is 0.0822 e. The van der Waals surface area contributed by atoms with Gasteiger partial charge in [0.2, 0.25) is 0 Å². The molecule has 3 heteroatoms. The second-order valence-electron chi connectivity index (χ2n) is 10.3. The summed E-state index contributed by atoms with van der Waals surface area (Å²) in [5.74, 6) is 4.52. The van der Waals surface area contributed by atoms with Crippen molar-refractivity contribution in [2.75, 3.05) is 0 Å². The molecular weight excluding hydrogens is 300 g/mol. The molecule has 0 amide bonds. The Morgan fingerprint density at radius 2 is 1.50 bits per heavy atom. The minimum Gasteiger partial charge on any atom is -0.374 e. The monoisotopic (exact) mass is 326 g/mol. The average Bonchev–Trinajstić information content (AvgIpc) is 3.46. The van der Waals surface area contributed by atoms with Gasteiger partial charge >= 0.3 is 0 Å². The third-order valence-electron chi connectivity index (χ3n) is 9.89. The van der Waals surface area contributed by atoms with Crippen molar-refractivity contribution in [2.24, 2.45) is 40.9 Å². The van der Waals surface area contributed by atoms with Crippen molar-refractivity contribution in [3.8, 4) is 0 Å². The van der Waals surface area contributed by atoms with Crippen molar-refractivity contribution < 1.29 is 14.2 Å². The summed E-state index contributed by atoms with van der Waals surface area (Å²) in [7, 11) is 0. The fraction of sp³-hybridized carbons (Fsp3) is 0.905. The molecular formula is C21H26O3. The zero-order chi connectivity index (χ0) is 15.2. The van der Waals surface area contributed by atoms with E-state index in [1.54, 1.807) is 0 Å². The van der Waals surface area contributed by atoms with Gasteiger partial charge in [-0.15, -0.1) is 0 Å². The summed E-state index contributed by atoms with van der Waals surface area (Å²) in [6.07, 6.45) is 16.0. The van der Waals surface area contributed by atoms with Crippen molar-refractivity contribution in [1.82, 2.24) is 0 Å². The molecule has 0 radical (unpaired) electrons. The molecule has 3 nitrogen and oxygen atoms in total. The topological polar surface area (TPSA) is 27.7 Å². The highest BCUT2D eigenvalue weighted by molar-refractivity contribution is 5.27. The maximum atomic E-state index is 6.71. The molecule has 24 heavy (non-hydrogen) atoms. The van der Waals surface area contributed by atoms with Crippen LogP contribution in [0.5, 0.6) is 0 Å². The molecule has 2 aliphatic carbocycles. The summed E-state index contributed by atoms with van der Waals surface area (Å²) in [4.78, 5) is 0. The number of rotatable bonds is 1. The Morgan fingerprint density at radius 3 is 2.21 bits per heavy atom. The van der Waals surface area contributed by atoms with E-state index in [2.05, 4.69) is 12.2 Å². The maximum absolute atomic E-state index is 6.71. The van der Waals surface area contributed by atoms with Gasteiger partial charge in [-0.25, -0.2) is 0 Å². The maximum Gasteiger partial charge on any atom is 0.0822 e. The van der Waals surface area contributed by atoms with E-state index in [0.29, 0.717) is 65.7 Å². The van der Waals surface area contributed by atoms with E-state index in [1.165, 1.54) is 38.5 Å². The molecule has 8 aliphatic rings. The lowest BCUT2D eigenvalue weighted by molar-refractivity contribution is -0.0411. The van der Waals surface area contributed by atoms with Gasteiger partial charge in [0.05, 0.1) is 36.6 Å². The van der Waals surface area contributed by atoms with Crippen LogP contribution in [0.1, 0.15) is 38.5 Å². The Morgan fingerprint density at radius 1 is 0.750 bits per heavy atom. The van der Waals surface area contributed by atoms with Crippen molar-refractivity contribution in [1.29, 1.82) is 0 Å². The highest BCUT2D eigenvalue weighted by Gasteiger charge is 2.75. The van der Waals surface area contributed by atoms with Crippen LogP contribution >= 0.6 is 0 Å². The van der Waals surface area contributed by atoms with Gasteiger partial charge in [0.1, 0.15) is 0 Å². The van der Waals surface area contributed by atoms with E-state index in [4.69, 9.17) is 14.2 Å². The van der Waals surface area contributed by atoms with E-state index in [0.717, 1.165) is 11.8 Å². The van der Waals surface area contributed by atoms with Crippen molar-refractivity contribution >= 4 is 0 Å². The van der Waals surface area contributed by atoms with Gasteiger partial charge in [-0.1, -0.05) is 12.2 Å². The Labute approximate surface area is 143 Å². The van der Waals surface area contributed by atoms with Gasteiger partial charge in [0.25, 0.3) is 0 Å². The third kappa shape index (κ3) is 1.20. The van der Waals surface area contributed by atoms with E-state index in [9.17, 15) is 0 Å². The van der Waals surface area contributed by atoms with Gasteiger partial charge in [-0.2, -0.15) is 0 Å². The summed E-state index contributed by atoms with van der Waals surface area (Å²) < 4.78 is 19.6. The average molecular weight is 326 g/mol. The molecule has 0 spiro atoms. The molecule has 8 bridgehead atoms. The number of ether oxygens (including phenoxy) is 3. The lowest BCUT2D eigenvalue weighted by atomic mass is 9.55. The lowest BCUT2D eigenvalue weighted by Crippen LogP contribution is -2.51. The van der Waals surface area contributed by atoms with Gasteiger partial charge in [-0.3, -0.25) is 0 Å². The minimum atomic E-state index is 0.342. The van der Waals surface area contributed by atoms with Gasteiger partial charge in [-0.05, 0) is 55.8 Å². The normalized spacial score (nSPS) is 72.3. The second-order valence-corrected chi connectivity index (χ2v) is 10.3. The first-order valence-electron chi connectivity index (χ1n) is 10.5. The van der Waals surface area contributed by atoms with E-state index < -0.39 is 0 Å². The van der Waals surface area contributed by atoms with Crippen LogP contribution in [0.15, 0.2) is 12.2 Å². The highest BCUT2D eigenvalue weighted by atomic mass is 16.6. The summed E-state index contributed by atoms with van der Waals surface area (Å²) >= 11 is 0. The molecule has 128 valence electrons. The predicted octanol–water partition coefficient (Wildman–Crippen LogP) is 2.94. The second kappa shape index (κ2) is 3.82. The largest absolute Gasteiger partial charge is 0.374 e. The summed E-state index contributed by atoms with van der Waals surface area (Å²) in [5.41, 5.74) is 0.654. The quantitative estimate of drug-likeness (QED) is 0.694. The Bertz CT molecular complexity index is 649. The summed E-state index contributed by atoms with van der Waals surface area (Å²) in [6, 6.07) is 0. The first-order chi connectivity index (χ1) is 11.8. The number of hydrogen-bond donors (Lipinski definition) is 0. The molecule has 6 aliphatic heterocycles. The Kier molecular flexibility index (Phi) is 2.05. The predicted molar refractivity (Wildman–Crippen MR) is 86.2 cm³/mol. The van der Waals surface area contributed by atoms with Crippen molar-refractivity contribution in [3.05, 3.63) is 12.2 Å². The highest BCUT2D eigenvalue weighted by Crippen LogP contribution is 2.70. The standard InChI is InChI=1S/C21H26O3/c1-2-12-15-14(11(1)22-12)19-16-13-7-10(18(23-13)17(16)20(15)24-19)21-5-3-9(8-21)4-6-21/h1-2,9-20H,3-8H2. The Hall–Kier alpha value is -0.380. The Balaban J connectivity index is 1.18. The number of fused-ring (bicyclic) bond motifs is 18. The molecule has 0 aromatic rings. The molecule has 11 unspecified atom stereocenters. The molecule has 6 heterocycles. The first-order valence-corrected chi connectivity index (χ1v) is 10.5. The zero-order valence-corrected chi connectivity index (χ0v) is 14.1. The van der Waals surface area contributed by atoms with Crippen LogP contribution in [0.2, 0.25) is 0 Å². The molecule has 0 aromatic heterocycles. The fourth-order valence-corrected chi connectivity index (χ4v) is 9.24. The van der Waals surface area contributed by atoms with E-state index >= 15 is 0 Å². The fourth-order valence-electron chi connectivity index (χ4n) is 9.24. The van der Waals surface area contributed by atoms with E-state index in [1.807, 2.05) is 0 Å². The van der Waals surface area contributed by atoms with Crippen LogP contribution in [-0.4, -0.2) is 36.6 Å². The van der Waals surface area contributed by atoms with Crippen LogP contribution < -0.4 is 0 Å². The van der Waals surface area contributed by atoms with Crippen LogP contribution in [0.25, 0.3) is 0 Å². The molecule has 5 saturated heterocycles. The zero-order valence-electron chi connectivity index (χ0n) is 14.1. The number of hydrogen-bond acceptors (Lipinski definition) is 3. The molecule has 0 N–H and O–H groups in total.